The highest BCUT2D eigenvalue weighted by Crippen LogP contribution is 2.60. The van der Waals surface area contributed by atoms with Crippen LogP contribution in [0.5, 0.6) is 11.6 Å². The monoisotopic (exact) mass is 856 g/mol. The number of alkyl halides is 5. The van der Waals surface area contributed by atoms with E-state index in [0.29, 0.717) is 38.5 Å². The molecule has 2 aliphatic heterocycles. The van der Waals surface area contributed by atoms with Crippen molar-refractivity contribution >= 4 is 44.9 Å². The van der Waals surface area contributed by atoms with Gasteiger partial charge in [0.2, 0.25) is 33.4 Å². The van der Waals surface area contributed by atoms with Crippen LogP contribution in [0, 0.1) is 11.3 Å². The molecule has 59 heavy (non-hydrogen) atoms. The molecular weight excluding hydrogens is 812 g/mol. The standard InChI is InChI=1S/C38H45F5N6O9S/c1-34(19-37(34,39)40)20-57-33(53)46-25-10-8-6-4-5-7-9-21-17-36(21,32(52)48-59(54,55)35(2)13-14-35)47-29(50)27-16-23(18-49(27)31(25)51)58-30-28(38(41,42)43)44-26-15-22(56-3)11-12-24(26)45-30/h7,9,11-12,15,21,23,25,27H,4-6,8,10,13-14,16-20H2,1-3H3,(H,46,53)(H,47,50)(H,48,52)/b9-7+/t21-,23-,25+,27+,34?,36-/m1/s1. The van der Waals surface area contributed by atoms with Gasteiger partial charge in [-0.25, -0.2) is 32.0 Å². The molecule has 1 aromatic heterocycles. The number of nitrogens with one attached hydrogen (secondary N) is 3. The fourth-order valence-corrected chi connectivity index (χ4v) is 8.84. The quantitative estimate of drug-likeness (QED) is 0.237. The number of rotatable bonds is 9. The second-order valence-electron chi connectivity index (χ2n) is 16.6. The van der Waals surface area contributed by atoms with Crippen LogP contribution >= 0.6 is 0 Å². The molecule has 6 atom stereocenters. The lowest BCUT2D eigenvalue weighted by Gasteiger charge is -2.30. The summed E-state index contributed by atoms with van der Waals surface area (Å²) in [4.78, 5) is 64.4. The molecule has 1 unspecified atom stereocenters. The highest BCUT2D eigenvalue weighted by Gasteiger charge is 2.68. The van der Waals surface area contributed by atoms with Gasteiger partial charge >= 0.3 is 12.3 Å². The predicted molar refractivity (Wildman–Crippen MR) is 197 cm³/mol. The van der Waals surface area contributed by atoms with Gasteiger partial charge in [0.05, 0.1) is 34.8 Å². The molecule has 4 fully saturated rings. The lowest BCUT2D eigenvalue weighted by atomic mass is 10.0. The summed E-state index contributed by atoms with van der Waals surface area (Å²) in [6, 6.07) is 1.20. The summed E-state index contributed by atoms with van der Waals surface area (Å²) in [5, 5.41) is 5.10. The first kappa shape index (κ1) is 42.3. The Hall–Kier alpha value is -4.82. The average molecular weight is 857 g/mol. The van der Waals surface area contributed by atoms with E-state index >= 15 is 0 Å². The summed E-state index contributed by atoms with van der Waals surface area (Å²) in [7, 11) is -2.81. The minimum absolute atomic E-state index is 0.0187. The Morgan fingerprint density at radius 2 is 1.80 bits per heavy atom. The average Bonchev–Trinajstić information content (AvgIpc) is 4.10. The van der Waals surface area contributed by atoms with Gasteiger partial charge in [0.1, 0.15) is 36.1 Å². The van der Waals surface area contributed by atoms with E-state index in [-0.39, 0.29) is 29.6 Å². The lowest BCUT2D eigenvalue weighted by molar-refractivity contribution is -0.143. The van der Waals surface area contributed by atoms with Crippen molar-refractivity contribution < 1.29 is 63.8 Å². The number of benzene rings is 1. The number of hydrogen-bond donors (Lipinski definition) is 3. The smallest absolute Gasteiger partial charge is 0.438 e. The van der Waals surface area contributed by atoms with Gasteiger partial charge in [-0.3, -0.25) is 19.1 Å². The van der Waals surface area contributed by atoms with Crippen LogP contribution in [0.15, 0.2) is 30.4 Å². The minimum Gasteiger partial charge on any atom is -0.497 e. The summed E-state index contributed by atoms with van der Waals surface area (Å²) in [6.07, 6.45) is -2.14. The maximum atomic E-state index is 14.4. The van der Waals surface area contributed by atoms with Gasteiger partial charge in [-0.1, -0.05) is 31.9 Å². The fourth-order valence-electron chi connectivity index (χ4n) is 7.53. The molecule has 1 aromatic carbocycles. The van der Waals surface area contributed by atoms with Crippen molar-refractivity contribution in [2.75, 3.05) is 20.3 Å². The summed E-state index contributed by atoms with van der Waals surface area (Å²) < 4.78 is 114. The van der Waals surface area contributed by atoms with Gasteiger partial charge in [0.15, 0.2) is 0 Å². The lowest BCUT2D eigenvalue weighted by Crippen LogP contribution is -2.58. The van der Waals surface area contributed by atoms with E-state index in [1.54, 1.807) is 12.2 Å². The fraction of sp³-hybridized carbons (Fsp3) is 0.632. The Morgan fingerprint density at radius 3 is 2.46 bits per heavy atom. The van der Waals surface area contributed by atoms with Crippen LogP contribution in [0.1, 0.15) is 83.7 Å². The Kier molecular flexibility index (Phi) is 10.8. The van der Waals surface area contributed by atoms with Crippen LogP contribution in [0.4, 0.5) is 26.7 Å². The van der Waals surface area contributed by atoms with Gasteiger partial charge in [-0.05, 0) is 57.6 Å². The normalized spacial score (nSPS) is 30.7. The molecule has 0 spiro atoms. The van der Waals surface area contributed by atoms with Crippen molar-refractivity contribution in [2.45, 2.75) is 119 Å². The molecule has 2 aromatic rings. The first-order valence-electron chi connectivity index (χ1n) is 19.4. The molecule has 21 heteroatoms. The number of alkyl carbamates (subject to hydrolysis) is 1. The van der Waals surface area contributed by atoms with Gasteiger partial charge in [0.25, 0.3) is 11.8 Å². The molecule has 3 aliphatic carbocycles. The van der Waals surface area contributed by atoms with Crippen molar-refractivity contribution in [1.29, 1.82) is 0 Å². The highest BCUT2D eigenvalue weighted by atomic mass is 32.2. The zero-order valence-corrected chi connectivity index (χ0v) is 33.3. The first-order chi connectivity index (χ1) is 27.6. The Morgan fingerprint density at radius 1 is 1.07 bits per heavy atom. The predicted octanol–water partition coefficient (Wildman–Crippen LogP) is 4.54. The van der Waals surface area contributed by atoms with E-state index in [4.69, 9.17) is 14.2 Å². The number of sulfonamides is 1. The van der Waals surface area contributed by atoms with Crippen LogP contribution in [0.3, 0.4) is 0 Å². The van der Waals surface area contributed by atoms with E-state index in [9.17, 15) is 49.5 Å². The number of ether oxygens (including phenoxy) is 3. The number of methoxy groups -OCH3 is 1. The van der Waals surface area contributed by atoms with Crippen LogP contribution in [-0.2, 0) is 35.3 Å². The van der Waals surface area contributed by atoms with Gasteiger partial charge < -0.3 is 29.7 Å². The zero-order valence-electron chi connectivity index (χ0n) is 32.5. The van der Waals surface area contributed by atoms with E-state index in [1.807, 2.05) is 0 Å². The summed E-state index contributed by atoms with van der Waals surface area (Å²) in [6.45, 7) is 1.61. The van der Waals surface area contributed by atoms with Crippen LogP contribution in [-0.4, -0.2) is 102 Å². The number of fused-ring (bicyclic) bond motifs is 3. The maximum absolute atomic E-state index is 14.4. The third kappa shape index (κ3) is 8.48. The van der Waals surface area contributed by atoms with Crippen molar-refractivity contribution in [2.24, 2.45) is 11.3 Å². The van der Waals surface area contributed by atoms with Crippen LogP contribution < -0.4 is 24.8 Å². The number of hydrogen-bond acceptors (Lipinski definition) is 11. The third-order valence-electron chi connectivity index (χ3n) is 12.0. The summed E-state index contributed by atoms with van der Waals surface area (Å²) in [5.41, 5.74) is -4.92. The van der Waals surface area contributed by atoms with Crippen LogP contribution in [0.25, 0.3) is 11.0 Å². The molecule has 0 bridgehead atoms. The number of halogens is 5. The van der Waals surface area contributed by atoms with E-state index in [1.165, 1.54) is 39.2 Å². The molecule has 0 radical (unpaired) electrons. The molecule has 15 nitrogen and oxygen atoms in total. The molecule has 3 N–H and O–H groups in total. The Balaban J connectivity index is 1.19. The van der Waals surface area contributed by atoms with Gasteiger partial charge in [-0.2, -0.15) is 13.2 Å². The number of amides is 4. The van der Waals surface area contributed by atoms with Crippen LogP contribution in [0.2, 0.25) is 0 Å². The Bertz CT molecular complexity index is 2190. The SMILES string of the molecule is COc1ccc2nc(O[C@@H]3C[C@H]4C(=O)N[C@]5(C(=O)NS(=O)(=O)C6(C)CC6)C[C@H]5/C=C/CCCCC[C@H](NC(=O)OCC5(C)CC5(F)F)C(=O)N4C3)c(C(F)(F)F)nc2c1. The van der Waals surface area contributed by atoms with Crippen molar-refractivity contribution in [3.05, 3.63) is 36.0 Å². The number of allylic oxidation sites excluding steroid dienone is 1. The summed E-state index contributed by atoms with van der Waals surface area (Å²) in [5.74, 6) is -7.12. The second-order valence-corrected chi connectivity index (χ2v) is 18.8. The summed E-state index contributed by atoms with van der Waals surface area (Å²) >= 11 is 0. The van der Waals surface area contributed by atoms with Crippen molar-refractivity contribution in [1.82, 2.24) is 30.2 Å². The maximum Gasteiger partial charge on any atom is 0.438 e. The van der Waals surface area contributed by atoms with E-state index < -0.39 is 123 Å². The second kappa shape index (κ2) is 15.0. The minimum atomic E-state index is -5.06. The third-order valence-corrected chi connectivity index (χ3v) is 14.2. The van der Waals surface area contributed by atoms with E-state index in [2.05, 4.69) is 25.3 Å². The molecule has 5 aliphatic rings. The number of carbonyl (C=O) groups is 4. The first-order valence-corrected chi connectivity index (χ1v) is 20.9. The molecule has 1 saturated heterocycles. The van der Waals surface area contributed by atoms with Crippen molar-refractivity contribution in [3.63, 3.8) is 0 Å². The molecule has 3 saturated carbocycles. The number of aromatic nitrogens is 2. The molecule has 7 rings (SSSR count). The molecule has 322 valence electrons. The van der Waals surface area contributed by atoms with Gasteiger partial charge in [-0.15, -0.1) is 0 Å². The number of carbonyl (C=O) groups excluding carboxylic acids is 4. The number of nitrogens with zero attached hydrogens (tertiary/aromatic N) is 3. The zero-order chi connectivity index (χ0) is 42.8. The van der Waals surface area contributed by atoms with E-state index in [0.717, 1.165) is 4.90 Å². The Labute approximate surface area is 336 Å². The molecule has 3 heterocycles. The van der Waals surface area contributed by atoms with Gasteiger partial charge in [0, 0.05) is 24.8 Å². The molecular formula is C38H45F5N6O9S. The largest absolute Gasteiger partial charge is 0.497 e. The molecule has 4 amide bonds. The topological polar surface area (TPSA) is 195 Å². The highest BCUT2D eigenvalue weighted by molar-refractivity contribution is 7.91. The van der Waals surface area contributed by atoms with Crippen molar-refractivity contribution in [3.8, 4) is 11.6 Å².